The zero-order chi connectivity index (χ0) is 36.4. The molecule has 1 spiro atoms. The number of hydrogen-bond donors (Lipinski definition) is 1. The fourth-order valence-electron chi connectivity index (χ4n) is 6.79. The molecule has 1 unspecified atom stereocenters. The van der Waals surface area contributed by atoms with E-state index in [1.165, 1.54) is 0 Å². The Bertz CT molecular complexity index is 1420. The zero-order valence-corrected chi connectivity index (χ0v) is 29.5. The van der Waals surface area contributed by atoms with Crippen molar-refractivity contribution in [2.75, 3.05) is 31.1 Å². The summed E-state index contributed by atoms with van der Waals surface area (Å²) in [7, 11) is -1.58. The third-order valence-corrected chi connectivity index (χ3v) is 10.2. The van der Waals surface area contributed by atoms with Crippen LogP contribution in [0, 0.1) is 17.4 Å². The van der Waals surface area contributed by atoms with Gasteiger partial charge >= 0.3 is 24.4 Å². The Morgan fingerprint density at radius 1 is 1.00 bits per heavy atom. The van der Waals surface area contributed by atoms with Crippen molar-refractivity contribution < 1.29 is 50.2 Å². The maximum Gasteiger partial charge on any atom is 0.434 e. The van der Waals surface area contributed by atoms with Crippen LogP contribution in [0.15, 0.2) is 18.2 Å². The molecular formula is C34H45F6N3O5Si. The predicted octanol–water partition coefficient (Wildman–Crippen LogP) is 6.87. The van der Waals surface area contributed by atoms with Crippen molar-refractivity contribution in [2.24, 2.45) is 5.92 Å². The van der Waals surface area contributed by atoms with E-state index >= 15 is 0 Å². The minimum absolute atomic E-state index is 0.0407. The fraction of sp³-hybridized carbons (Fsp3) is 0.676. The van der Waals surface area contributed by atoms with E-state index in [1.807, 2.05) is 26.0 Å². The lowest BCUT2D eigenvalue weighted by atomic mass is 9.86. The highest BCUT2D eigenvalue weighted by Crippen LogP contribution is 2.39. The Morgan fingerprint density at radius 3 is 2.16 bits per heavy atom. The van der Waals surface area contributed by atoms with Gasteiger partial charge in [0, 0.05) is 61.0 Å². The van der Waals surface area contributed by atoms with Gasteiger partial charge in [0.05, 0.1) is 5.92 Å². The zero-order valence-electron chi connectivity index (χ0n) is 28.5. The number of halogens is 6. The van der Waals surface area contributed by atoms with Crippen molar-refractivity contribution in [3.05, 3.63) is 29.3 Å². The molecule has 0 aliphatic carbocycles. The van der Waals surface area contributed by atoms with Crippen molar-refractivity contribution in [1.29, 1.82) is 0 Å². The minimum atomic E-state index is -5.77. The highest BCUT2D eigenvalue weighted by Gasteiger charge is 2.60. The molecule has 272 valence electrons. The van der Waals surface area contributed by atoms with Gasteiger partial charge in [-0.25, -0.2) is 4.79 Å². The van der Waals surface area contributed by atoms with E-state index in [9.17, 15) is 40.7 Å². The van der Waals surface area contributed by atoms with Crippen LogP contribution < -0.4 is 10.2 Å². The number of rotatable bonds is 7. The van der Waals surface area contributed by atoms with Crippen LogP contribution in [0.25, 0.3) is 0 Å². The SMILES string of the molecule is CC(C)(CC1CCC2(CCN(C(=O)OC(C(F)(F)F)C(F)(F)F)CC2)N1)OC(=O)C1CCN(c2cc(C#C[Si](C)(C)C)ccc2C=O)CC1. The Balaban J connectivity index is 1.26. The molecule has 15 heteroatoms. The second-order valence-corrected chi connectivity index (χ2v) is 19.8. The Labute approximate surface area is 284 Å². The predicted molar refractivity (Wildman–Crippen MR) is 174 cm³/mol. The van der Waals surface area contributed by atoms with Crippen LogP contribution in [0.4, 0.5) is 36.8 Å². The number of aldehydes is 1. The van der Waals surface area contributed by atoms with Gasteiger partial charge in [-0.05, 0) is 70.6 Å². The largest absolute Gasteiger partial charge is 0.459 e. The molecule has 1 N–H and O–H groups in total. The number of esters is 1. The van der Waals surface area contributed by atoms with Crippen LogP contribution in [-0.2, 0) is 14.3 Å². The lowest BCUT2D eigenvalue weighted by Gasteiger charge is -2.40. The van der Waals surface area contributed by atoms with E-state index in [0.717, 1.165) is 28.9 Å². The summed E-state index contributed by atoms with van der Waals surface area (Å²) in [5, 5.41) is 3.55. The number of piperidine rings is 2. The van der Waals surface area contributed by atoms with Crippen LogP contribution in [-0.4, -0.2) is 93.1 Å². The first-order valence-electron chi connectivity index (χ1n) is 16.6. The molecule has 3 aliphatic rings. The topological polar surface area (TPSA) is 88.2 Å². The number of ether oxygens (including phenoxy) is 2. The molecule has 49 heavy (non-hydrogen) atoms. The standard InChI is InChI=1S/C34H45F6N3O5Si/c1-31(2,21-26-8-12-32(41-26)13-17-43(18-14-32)30(46)47-29(33(35,36)37)34(38,39)40)48-28(45)24-9-15-42(16-10-24)27-20-23(6-7-25(27)22-44)11-19-49(3,4)5/h6-7,20,22,24,26,29,41H,8-10,12-18,21H2,1-5H3. The average molecular weight is 718 g/mol. The molecule has 3 heterocycles. The molecule has 1 atom stereocenters. The molecule has 0 saturated carbocycles. The summed E-state index contributed by atoms with van der Waals surface area (Å²) in [6, 6.07) is 5.53. The lowest BCUT2D eigenvalue weighted by Crippen LogP contribution is -2.55. The monoisotopic (exact) mass is 717 g/mol. The molecule has 0 radical (unpaired) electrons. The van der Waals surface area contributed by atoms with Crippen molar-refractivity contribution >= 4 is 32.1 Å². The summed E-state index contributed by atoms with van der Waals surface area (Å²) in [5.74, 6) is 2.65. The van der Waals surface area contributed by atoms with Gasteiger partial charge in [0.25, 0.3) is 6.10 Å². The lowest BCUT2D eigenvalue weighted by molar-refractivity contribution is -0.308. The molecule has 4 rings (SSSR count). The number of benzene rings is 1. The third-order valence-electron chi connectivity index (χ3n) is 9.30. The first-order valence-corrected chi connectivity index (χ1v) is 20.1. The molecule has 3 fully saturated rings. The number of alkyl halides is 6. The van der Waals surface area contributed by atoms with Gasteiger partial charge in [0.15, 0.2) is 6.29 Å². The second kappa shape index (κ2) is 14.5. The van der Waals surface area contributed by atoms with Gasteiger partial charge in [-0.1, -0.05) is 25.6 Å². The Kier molecular flexibility index (Phi) is 11.4. The van der Waals surface area contributed by atoms with Crippen molar-refractivity contribution in [3.8, 4) is 11.5 Å². The summed E-state index contributed by atoms with van der Waals surface area (Å²) < 4.78 is 86.9. The summed E-state index contributed by atoms with van der Waals surface area (Å²) in [6.45, 7) is 11.2. The van der Waals surface area contributed by atoms with Crippen molar-refractivity contribution in [2.45, 2.75) is 114 Å². The molecule has 1 aromatic carbocycles. The first kappa shape index (κ1) is 38.5. The summed E-state index contributed by atoms with van der Waals surface area (Å²) in [5.41, 5.74) is 4.34. The molecule has 0 aromatic heterocycles. The van der Waals surface area contributed by atoms with Crippen LogP contribution in [0.1, 0.15) is 74.7 Å². The summed E-state index contributed by atoms with van der Waals surface area (Å²) >= 11 is 0. The maximum atomic E-state index is 13.3. The summed E-state index contributed by atoms with van der Waals surface area (Å²) in [6.07, 6.45) is -12.8. The fourth-order valence-corrected chi connectivity index (χ4v) is 7.31. The molecule has 0 bridgehead atoms. The molecule has 3 aliphatic heterocycles. The number of anilines is 1. The third kappa shape index (κ3) is 10.4. The van der Waals surface area contributed by atoms with Gasteiger partial charge in [-0.3, -0.25) is 9.59 Å². The smallest absolute Gasteiger partial charge is 0.434 e. The van der Waals surface area contributed by atoms with E-state index in [4.69, 9.17) is 4.74 Å². The van der Waals surface area contributed by atoms with Crippen molar-refractivity contribution in [1.82, 2.24) is 10.2 Å². The van der Waals surface area contributed by atoms with Gasteiger partial charge < -0.3 is 24.6 Å². The molecule has 3 saturated heterocycles. The number of carbonyl (C=O) groups excluding carboxylic acids is 3. The van der Waals surface area contributed by atoms with Crippen LogP contribution in [0.5, 0.6) is 0 Å². The second-order valence-electron chi connectivity index (χ2n) is 15.0. The number of hydrogen-bond acceptors (Lipinski definition) is 7. The van der Waals surface area contributed by atoms with Crippen LogP contribution >= 0.6 is 0 Å². The molecule has 1 aromatic rings. The van der Waals surface area contributed by atoms with Crippen molar-refractivity contribution in [3.63, 3.8) is 0 Å². The van der Waals surface area contributed by atoms with Crippen LogP contribution in [0.3, 0.4) is 0 Å². The Morgan fingerprint density at radius 2 is 1.61 bits per heavy atom. The maximum absolute atomic E-state index is 13.3. The van der Waals surface area contributed by atoms with Gasteiger partial charge in [0.1, 0.15) is 13.7 Å². The Hall–Kier alpha value is -3.25. The van der Waals surface area contributed by atoms with E-state index in [0.29, 0.717) is 57.2 Å². The van der Waals surface area contributed by atoms with E-state index < -0.39 is 43.8 Å². The molecular weight excluding hydrogens is 672 g/mol. The molecule has 1 amide bonds. The number of nitrogens with one attached hydrogen (secondary N) is 1. The van der Waals surface area contributed by atoms with E-state index in [1.54, 1.807) is 6.07 Å². The van der Waals surface area contributed by atoms with Gasteiger partial charge in [-0.15, -0.1) is 5.54 Å². The van der Waals surface area contributed by atoms with E-state index in [-0.39, 0.29) is 31.0 Å². The number of amides is 1. The van der Waals surface area contributed by atoms with E-state index in [2.05, 4.69) is 46.1 Å². The number of carbonyl (C=O) groups is 3. The van der Waals surface area contributed by atoms with Gasteiger partial charge in [-0.2, -0.15) is 26.3 Å². The summed E-state index contributed by atoms with van der Waals surface area (Å²) in [4.78, 5) is 40.2. The quantitative estimate of drug-likeness (QED) is 0.108. The number of likely N-dealkylation sites (tertiary alicyclic amines) is 1. The normalized spacial score (nSPS) is 20.6. The minimum Gasteiger partial charge on any atom is -0.459 e. The van der Waals surface area contributed by atoms with Gasteiger partial charge in [0.2, 0.25) is 0 Å². The first-order chi connectivity index (χ1) is 22.6. The average Bonchev–Trinajstić information content (AvgIpc) is 3.37. The number of nitrogens with zero attached hydrogens (tertiary/aromatic N) is 2. The molecule has 8 nitrogen and oxygen atoms in total. The highest BCUT2D eigenvalue weighted by molar-refractivity contribution is 6.83. The van der Waals surface area contributed by atoms with Crippen LogP contribution in [0.2, 0.25) is 19.6 Å². The highest BCUT2D eigenvalue weighted by atomic mass is 28.3.